The number of nitrogens with zero attached hydrogens (tertiary/aromatic N) is 1. The molecule has 0 aliphatic rings. The molecule has 0 aliphatic carbocycles. The molecule has 0 bridgehead atoms. The fourth-order valence-electron chi connectivity index (χ4n) is 1.77. The van der Waals surface area contributed by atoms with Gasteiger partial charge in [0.2, 0.25) is 0 Å². The van der Waals surface area contributed by atoms with E-state index >= 15 is 0 Å². The van der Waals surface area contributed by atoms with Crippen LogP contribution in [0.25, 0.3) is 10.2 Å². The Bertz CT molecular complexity index is 583. The molecule has 0 atom stereocenters. The number of amides is 1. The van der Waals surface area contributed by atoms with Gasteiger partial charge in [0.1, 0.15) is 0 Å². The lowest BCUT2D eigenvalue weighted by Crippen LogP contribution is -2.27. The summed E-state index contributed by atoms with van der Waals surface area (Å²) in [4.78, 5) is 16.1. The van der Waals surface area contributed by atoms with Crippen molar-refractivity contribution in [2.45, 2.75) is 19.8 Å². The monoisotopic (exact) mass is 293 g/mol. The third kappa shape index (κ3) is 3.91. The Morgan fingerprint density at radius 3 is 3.10 bits per heavy atom. The first-order valence-corrected chi connectivity index (χ1v) is 7.54. The van der Waals surface area contributed by atoms with Crippen molar-refractivity contribution < 1.29 is 9.53 Å². The predicted octanol–water partition coefficient (Wildman–Crippen LogP) is 2.42. The third-order valence-electron chi connectivity index (χ3n) is 2.84. The molecule has 1 aromatic heterocycles. The van der Waals surface area contributed by atoms with E-state index in [0.717, 1.165) is 29.7 Å². The van der Waals surface area contributed by atoms with Gasteiger partial charge in [-0.1, -0.05) is 24.7 Å². The maximum Gasteiger partial charge on any atom is 0.251 e. The van der Waals surface area contributed by atoms with Crippen molar-refractivity contribution >= 4 is 32.6 Å². The van der Waals surface area contributed by atoms with E-state index < -0.39 is 0 Å². The van der Waals surface area contributed by atoms with Gasteiger partial charge in [0.05, 0.1) is 16.8 Å². The van der Waals surface area contributed by atoms with E-state index in [1.807, 2.05) is 12.1 Å². The van der Waals surface area contributed by atoms with Crippen LogP contribution in [-0.4, -0.2) is 30.6 Å². The highest BCUT2D eigenvalue weighted by Crippen LogP contribution is 2.24. The van der Waals surface area contributed by atoms with E-state index in [2.05, 4.69) is 17.2 Å². The molecule has 0 aliphatic heterocycles. The lowest BCUT2D eigenvalue weighted by molar-refractivity contribution is 0.0913. The fraction of sp³-hybridized carbons (Fsp3) is 0.429. The lowest BCUT2D eigenvalue weighted by Gasteiger charge is -2.06. The van der Waals surface area contributed by atoms with Crippen molar-refractivity contribution in [3.8, 4) is 0 Å². The number of benzene rings is 1. The third-order valence-corrected chi connectivity index (χ3v) is 3.69. The van der Waals surface area contributed by atoms with E-state index in [1.54, 1.807) is 6.07 Å². The topological polar surface area (TPSA) is 77.2 Å². The normalized spacial score (nSPS) is 10.8. The molecule has 0 fully saturated rings. The number of hydrogen-bond donors (Lipinski definition) is 2. The van der Waals surface area contributed by atoms with Gasteiger partial charge in [0, 0.05) is 18.7 Å². The standard InChI is InChI=1S/C14H19N3O2S/c1-2-3-7-19-8-6-16-13(18)10-4-5-11-12(9-10)20-14(15)17-11/h4-5,9H,2-3,6-8H2,1H3,(H2,15,17)(H,16,18). The SMILES string of the molecule is CCCCOCCNC(=O)c1ccc2nc(N)sc2c1. The van der Waals surface area contributed by atoms with Crippen molar-refractivity contribution in [1.29, 1.82) is 0 Å². The number of thiazole rings is 1. The van der Waals surface area contributed by atoms with Crippen LogP contribution >= 0.6 is 11.3 Å². The summed E-state index contributed by atoms with van der Waals surface area (Å²) in [5.74, 6) is -0.0991. The molecular weight excluding hydrogens is 274 g/mol. The van der Waals surface area contributed by atoms with Crippen molar-refractivity contribution in [3.05, 3.63) is 23.8 Å². The number of hydrogen-bond acceptors (Lipinski definition) is 5. The molecule has 0 spiro atoms. The summed E-state index contributed by atoms with van der Waals surface area (Å²) in [5.41, 5.74) is 7.09. The first kappa shape index (κ1) is 14.7. The van der Waals surface area contributed by atoms with Gasteiger partial charge in [-0.2, -0.15) is 0 Å². The molecule has 0 saturated carbocycles. The zero-order valence-electron chi connectivity index (χ0n) is 11.5. The number of fused-ring (bicyclic) bond motifs is 1. The van der Waals surface area contributed by atoms with Gasteiger partial charge < -0.3 is 15.8 Å². The second-order valence-corrected chi connectivity index (χ2v) is 5.52. The van der Waals surface area contributed by atoms with E-state index in [4.69, 9.17) is 10.5 Å². The van der Waals surface area contributed by atoms with Gasteiger partial charge in [-0.15, -0.1) is 0 Å². The van der Waals surface area contributed by atoms with Crippen LogP contribution in [-0.2, 0) is 4.74 Å². The molecule has 2 rings (SSSR count). The first-order chi connectivity index (χ1) is 9.70. The van der Waals surface area contributed by atoms with E-state index in [9.17, 15) is 4.79 Å². The predicted molar refractivity (Wildman–Crippen MR) is 82.1 cm³/mol. The Morgan fingerprint density at radius 2 is 2.30 bits per heavy atom. The number of aromatic nitrogens is 1. The molecule has 5 nitrogen and oxygen atoms in total. The van der Waals surface area contributed by atoms with Gasteiger partial charge in [0.15, 0.2) is 5.13 Å². The highest BCUT2D eigenvalue weighted by atomic mass is 32.1. The van der Waals surface area contributed by atoms with Gasteiger partial charge in [-0.3, -0.25) is 4.79 Å². The lowest BCUT2D eigenvalue weighted by atomic mass is 10.2. The number of nitrogens with one attached hydrogen (secondary N) is 1. The Balaban J connectivity index is 1.84. The van der Waals surface area contributed by atoms with Crippen LogP contribution in [0.5, 0.6) is 0 Å². The molecule has 2 aromatic rings. The second-order valence-electron chi connectivity index (χ2n) is 4.46. The van der Waals surface area contributed by atoms with Crippen molar-refractivity contribution in [3.63, 3.8) is 0 Å². The zero-order chi connectivity index (χ0) is 14.4. The molecule has 3 N–H and O–H groups in total. The van der Waals surface area contributed by atoms with Crippen LogP contribution in [0.4, 0.5) is 5.13 Å². The van der Waals surface area contributed by atoms with E-state index in [0.29, 0.717) is 23.8 Å². The average Bonchev–Trinajstić information content (AvgIpc) is 2.81. The maximum absolute atomic E-state index is 12.0. The zero-order valence-corrected chi connectivity index (χ0v) is 12.3. The fourth-order valence-corrected chi connectivity index (χ4v) is 2.54. The number of unbranched alkanes of at least 4 members (excludes halogenated alkanes) is 1. The van der Waals surface area contributed by atoms with Gasteiger partial charge >= 0.3 is 0 Å². The van der Waals surface area contributed by atoms with Gasteiger partial charge in [-0.25, -0.2) is 4.98 Å². The molecule has 6 heteroatoms. The number of carbonyl (C=O) groups is 1. The molecule has 1 aromatic carbocycles. The Kier molecular flexibility index (Phi) is 5.31. The largest absolute Gasteiger partial charge is 0.380 e. The van der Waals surface area contributed by atoms with E-state index in [1.165, 1.54) is 11.3 Å². The summed E-state index contributed by atoms with van der Waals surface area (Å²) < 4.78 is 6.32. The summed E-state index contributed by atoms with van der Waals surface area (Å²) in [6, 6.07) is 5.39. The molecule has 0 unspecified atom stereocenters. The minimum atomic E-state index is -0.0991. The quantitative estimate of drug-likeness (QED) is 0.769. The van der Waals surface area contributed by atoms with Crippen LogP contribution in [0.15, 0.2) is 18.2 Å². The molecule has 0 radical (unpaired) electrons. The summed E-state index contributed by atoms with van der Waals surface area (Å²) >= 11 is 1.38. The summed E-state index contributed by atoms with van der Waals surface area (Å²) in [5, 5.41) is 3.35. The Morgan fingerprint density at radius 1 is 1.45 bits per heavy atom. The molecular formula is C14H19N3O2S. The maximum atomic E-state index is 12.0. The number of nitrogen functional groups attached to an aromatic ring is 1. The summed E-state index contributed by atoms with van der Waals surface area (Å²) in [7, 11) is 0. The molecule has 108 valence electrons. The number of ether oxygens (including phenoxy) is 1. The van der Waals surface area contributed by atoms with Crippen molar-refractivity contribution in [2.75, 3.05) is 25.5 Å². The minimum Gasteiger partial charge on any atom is -0.380 e. The van der Waals surface area contributed by atoms with Crippen LogP contribution in [0, 0.1) is 0 Å². The number of carbonyl (C=O) groups excluding carboxylic acids is 1. The summed E-state index contributed by atoms with van der Waals surface area (Å²) in [6.45, 7) is 3.93. The van der Waals surface area contributed by atoms with Crippen molar-refractivity contribution in [2.24, 2.45) is 0 Å². The van der Waals surface area contributed by atoms with Crippen LogP contribution in [0.3, 0.4) is 0 Å². The van der Waals surface area contributed by atoms with Gasteiger partial charge in [-0.05, 0) is 24.6 Å². The number of anilines is 1. The van der Waals surface area contributed by atoms with Crippen LogP contribution < -0.4 is 11.1 Å². The van der Waals surface area contributed by atoms with Gasteiger partial charge in [0.25, 0.3) is 5.91 Å². The highest BCUT2D eigenvalue weighted by Gasteiger charge is 2.08. The van der Waals surface area contributed by atoms with Crippen LogP contribution in [0.1, 0.15) is 30.1 Å². The van der Waals surface area contributed by atoms with E-state index in [-0.39, 0.29) is 5.91 Å². The van der Waals surface area contributed by atoms with Crippen molar-refractivity contribution in [1.82, 2.24) is 10.3 Å². The Labute approximate surface area is 122 Å². The molecule has 20 heavy (non-hydrogen) atoms. The average molecular weight is 293 g/mol. The smallest absolute Gasteiger partial charge is 0.251 e. The highest BCUT2D eigenvalue weighted by molar-refractivity contribution is 7.22. The summed E-state index contributed by atoms with van der Waals surface area (Å²) in [6.07, 6.45) is 2.17. The molecule has 1 heterocycles. The number of nitrogens with two attached hydrogens (primary N) is 1. The molecule has 1 amide bonds. The Hall–Kier alpha value is -1.66. The number of rotatable bonds is 7. The molecule has 0 saturated heterocycles. The minimum absolute atomic E-state index is 0.0991. The first-order valence-electron chi connectivity index (χ1n) is 6.72. The van der Waals surface area contributed by atoms with Crippen LogP contribution in [0.2, 0.25) is 0 Å². The second kappa shape index (κ2) is 7.21.